The highest BCUT2D eigenvalue weighted by molar-refractivity contribution is 6.04. The first-order chi connectivity index (χ1) is 10.2. The summed E-state index contributed by atoms with van der Waals surface area (Å²) in [6, 6.07) is 17.0. The molecule has 0 saturated carbocycles. The minimum absolute atomic E-state index is 0.180. The molecule has 0 bridgehead atoms. The molecule has 0 N–H and O–H groups in total. The highest BCUT2D eigenvalue weighted by atomic mass is 16.3. The second-order valence-electron chi connectivity index (χ2n) is 4.68. The van der Waals surface area contributed by atoms with E-state index in [0.29, 0.717) is 11.5 Å². The van der Waals surface area contributed by atoms with Gasteiger partial charge in [-0.15, -0.1) is 0 Å². The SMILES string of the molecule is Cc1ccc(C(=O)C=Cc2ccc(-c3ccccc3)o2)o1. The van der Waals surface area contributed by atoms with Gasteiger partial charge in [-0.1, -0.05) is 30.3 Å². The monoisotopic (exact) mass is 278 g/mol. The largest absolute Gasteiger partial charge is 0.458 e. The Labute approximate surface area is 122 Å². The first-order valence-electron chi connectivity index (χ1n) is 6.66. The molecule has 0 amide bonds. The summed E-state index contributed by atoms with van der Waals surface area (Å²) in [5, 5.41) is 0. The summed E-state index contributed by atoms with van der Waals surface area (Å²) in [6.45, 7) is 1.80. The van der Waals surface area contributed by atoms with E-state index in [1.807, 2.05) is 42.5 Å². The topological polar surface area (TPSA) is 43.4 Å². The molecule has 0 radical (unpaired) electrons. The van der Waals surface area contributed by atoms with Crippen molar-refractivity contribution in [1.82, 2.24) is 0 Å². The van der Waals surface area contributed by atoms with Gasteiger partial charge in [0.2, 0.25) is 5.78 Å². The van der Waals surface area contributed by atoms with E-state index in [0.717, 1.165) is 17.1 Å². The smallest absolute Gasteiger partial charge is 0.221 e. The zero-order valence-corrected chi connectivity index (χ0v) is 11.6. The van der Waals surface area contributed by atoms with E-state index in [4.69, 9.17) is 8.83 Å². The average molecular weight is 278 g/mol. The van der Waals surface area contributed by atoms with Gasteiger partial charge in [0.25, 0.3) is 0 Å². The molecule has 3 heteroatoms. The van der Waals surface area contributed by atoms with E-state index in [1.165, 1.54) is 6.08 Å². The first kappa shape index (κ1) is 13.2. The molecule has 0 aliphatic carbocycles. The molecule has 3 aromatic rings. The van der Waals surface area contributed by atoms with Gasteiger partial charge in [-0.25, -0.2) is 0 Å². The lowest BCUT2D eigenvalue weighted by Crippen LogP contribution is -1.90. The summed E-state index contributed by atoms with van der Waals surface area (Å²) < 4.78 is 11.0. The highest BCUT2D eigenvalue weighted by Crippen LogP contribution is 2.22. The quantitative estimate of drug-likeness (QED) is 0.511. The zero-order chi connectivity index (χ0) is 14.7. The van der Waals surface area contributed by atoms with Crippen molar-refractivity contribution in [1.29, 1.82) is 0 Å². The maximum absolute atomic E-state index is 11.9. The van der Waals surface area contributed by atoms with Crippen LogP contribution in [-0.2, 0) is 0 Å². The summed E-state index contributed by atoms with van der Waals surface area (Å²) >= 11 is 0. The lowest BCUT2D eigenvalue weighted by Gasteiger charge is -1.94. The zero-order valence-electron chi connectivity index (χ0n) is 11.6. The van der Waals surface area contributed by atoms with Gasteiger partial charge in [0.15, 0.2) is 5.76 Å². The fraction of sp³-hybridized carbons (Fsp3) is 0.0556. The molecule has 1 aromatic carbocycles. The second-order valence-corrected chi connectivity index (χ2v) is 4.68. The average Bonchev–Trinajstić information content (AvgIpc) is 3.15. The maximum Gasteiger partial charge on any atom is 0.221 e. The van der Waals surface area contributed by atoms with E-state index in [9.17, 15) is 4.79 Å². The van der Waals surface area contributed by atoms with Gasteiger partial charge in [-0.3, -0.25) is 4.79 Å². The van der Waals surface area contributed by atoms with Crippen molar-refractivity contribution in [3.05, 3.63) is 78.0 Å². The Bertz CT molecular complexity index is 776. The molecule has 3 nitrogen and oxygen atoms in total. The molecule has 21 heavy (non-hydrogen) atoms. The van der Waals surface area contributed by atoms with Crippen molar-refractivity contribution >= 4 is 11.9 Å². The van der Waals surface area contributed by atoms with Gasteiger partial charge in [0.1, 0.15) is 17.3 Å². The van der Waals surface area contributed by atoms with Crippen molar-refractivity contribution < 1.29 is 13.6 Å². The van der Waals surface area contributed by atoms with Gasteiger partial charge in [-0.05, 0) is 43.3 Å². The van der Waals surface area contributed by atoms with Crippen LogP contribution < -0.4 is 0 Å². The Morgan fingerprint density at radius 3 is 2.48 bits per heavy atom. The van der Waals surface area contributed by atoms with Gasteiger partial charge in [-0.2, -0.15) is 0 Å². The molecule has 3 rings (SSSR count). The summed E-state index contributed by atoms with van der Waals surface area (Å²) in [4.78, 5) is 11.9. The summed E-state index contributed by atoms with van der Waals surface area (Å²) in [6.07, 6.45) is 3.10. The number of benzene rings is 1. The Morgan fingerprint density at radius 2 is 1.76 bits per heavy atom. The molecule has 0 saturated heterocycles. The predicted octanol–water partition coefficient (Wildman–Crippen LogP) is 4.74. The third-order valence-electron chi connectivity index (χ3n) is 3.07. The Morgan fingerprint density at radius 1 is 0.952 bits per heavy atom. The number of hydrogen-bond donors (Lipinski definition) is 0. The predicted molar refractivity (Wildman–Crippen MR) is 81.0 cm³/mol. The third-order valence-corrected chi connectivity index (χ3v) is 3.07. The van der Waals surface area contributed by atoms with Crippen LogP contribution in [0.1, 0.15) is 22.1 Å². The Hall–Kier alpha value is -2.81. The normalized spacial score (nSPS) is 11.1. The molecule has 0 fully saturated rings. The van der Waals surface area contributed by atoms with E-state index in [-0.39, 0.29) is 5.78 Å². The van der Waals surface area contributed by atoms with E-state index in [2.05, 4.69) is 0 Å². The van der Waals surface area contributed by atoms with Gasteiger partial charge in [0.05, 0.1) is 0 Å². The Kier molecular flexibility index (Phi) is 3.56. The molecule has 2 heterocycles. The van der Waals surface area contributed by atoms with Crippen LogP contribution in [0.3, 0.4) is 0 Å². The van der Waals surface area contributed by atoms with Crippen molar-refractivity contribution in [2.45, 2.75) is 6.92 Å². The fourth-order valence-electron chi connectivity index (χ4n) is 2.01. The van der Waals surface area contributed by atoms with Gasteiger partial charge in [0, 0.05) is 5.56 Å². The molecule has 0 aliphatic rings. The number of hydrogen-bond acceptors (Lipinski definition) is 3. The summed E-state index contributed by atoms with van der Waals surface area (Å²) in [7, 11) is 0. The second kappa shape index (κ2) is 5.67. The molecule has 0 unspecified atom stereocenters. The van der Waals surface area contributed by atoms with Crippen LogP contribution in [0.5, 0.6) is 0 Å². The van der Waals surface area contributed by atoms with Crippen LogP contribution in [0.2, 0.25) is 0 Å². The summed E-state index contributed by atoms with van der Waals surface area (Å²) in [5.74, 6) is 2.28. The fourth-order valence-corrected chi connectivity index (χ4v) is 2.01. The standard InChI is InChI=1S/C18H14O3/c1-13-7-11-18(20-13)16(19)10-8-15-9-12-17(21-15)14-5-3-2-4-6-14/h2-12H,1H3. The van der Waals surface area contributed by atoms with Crippen LogP contribution in [-0.4, -0.2) is 5.78 Å². The van der Waals surface area contributed by atoms with E-state index >= 15 is 0 Å². The minimum atomic E-state index is -0.180. The van der Waals surface area contributed by atoms with Gasteiger partial charge < -0.3 is 8.83 Å². The van der Waals surface area contributed by atoms with Gasteiger partial charge >= 0.3 is 0 Å². The van der Waals surface area contributed by atoms with Crippen LogP contribution in [0, 0.1) is 6.92 Å². The third kappa shape index (κ3) is 3.03. The lowest BCUT2D eigenvalue weighted by atomic mass is 10.2. The summed E-state index contributed by atoms with van der Waals surface area (Å²) in [5.41, 5.74) is 1.00. The van der Waals surface area contributed by atoms with Crippen LogP contribution in [0.15, 0.2) is 69.5 Å². The highest BCUT2D eigenvalue weighted by Gasteiger charge is 2.07. The Balaban J connectivity index is 1.75. The molecular weight excluding hydrogens is 264 g/mol. The van der Waals surface area contributed by atoms with Crippen LogP contribution >= 0.6 is 0 Å². The van der Waals surface area contributed by atoms with Crippen LogP contribution in [0.4, 0.5) is 0 Å². The molecular formula is C18H14O3. The lowest BCUT2D eigenvalue weighted by molar-refractivity contribution is 0.102. The molecule has 2 aromatic heterocycles. The minimum Gasteiger partial charge on any atom is -0.458 e. The number of rotatable bonds is 4. The first-order valence-corrected chi connectivity index (χ1v) is 6.66. The van der Waals surface area contributed by atoms with Crippen molar-refractivity contribution in [3.63, 3.8) is 0 Å². The van der Waals surface area contributed by atoms with Crippen molar-refractivity contribution in [2.75, 3.05) is 0 Å². The van der Waals surface area contributed by atoms with E-state index in [1.54, 1.807) is 25.1 Å². The maximum atomic E-state index is 11.9. The van der Waals surface area contributed by atoms with Crippen molar-refractivity contribution in [2.24, 2.45) is 0 Å². The van der Waals surface area contributed by atoms with Crippen molar-refractivity contribution in [3.8, 4) is 11.3 Å². The number of furan rings is 2. The molecule has 0 aliphatic heterocycles. The molecule has 0 atom stereocenters. The van der Waals surface area contributed by atoms with E-state index < -0.39 is 0 Å². The number of carbonyl (C=O) groups is 1. The van der Waals surface area contributed by atoms with Crippen LogP contribution in [0.25, 0.3) is 17.4 Å². The number of aryl methyl sites for hydroxylation is 1. The number of ketones is 1. The number of carbonyl (C=O) groups excluding carboxylic acids is 1. The number of allylic oxidation sites excluding steroid dienone is 1. The molecule has 104 valence electrons. The molecule has 0 spiro atoms.